The second-order valence-electron chi connectivity index (χ2n) is 4.89. The number of pyridine rings is 1. The van der Waals surface area contributed by atoms with Crippen molar-refractivity contribution in [3.63, 3.8) is 0 Å². The molecule has 1 aliphatic rings. The average Bonchev–Trinajstić information content (AvgIpc) is 2.88. The quantitative estimate of drug-likeness (QED) is 0.589. The highest BCUT2D eigenvalue weighted by Gasteiger charge is 2.19. The topological polar surface area (TPSA) is 72.0 Å². The number of halogens is 2. The van der Waals surface area contributed by atoms with Gasteiger partial charge in [-0.1, -0.05) is 15.9 Å². The minimum atomic E-state index is -0.0274. The monoisotopic (exact) mass is 409 g/mol. The number of hydrogen-bond donors (Lipinski definition) is 2. The molecule has 0 spiro atoms. The molecule has 0 amide bonds. The molecule has 1 aromatic carbocycles. The summed E-state index contributed by atoms with van der Waals surface area (Å²) in [6.45, 7) is 0. The molecule has 0 saturated heterocycles. The van der Waals surface area contributed by atoms with Crippen LogP contribution in [0.15, 0.2) is 33.2 Å². The summed E-state index contributed by atoms with van der Waals surface area (Å²) in [6, 6.07) is 7.56. The molecule has 0 bridgehead atoms. The maximum absolute atomic E-state index is 7.73. The van der Waals surface area contributed by atoms with Gasteiger partial charge in [-0.15, -0.1) is 0 Å². The highest BCUT2D eigenvalue weighted by Crippen LogP contribution is 2.34. The minimum absolute atomic E-state index is 0.0274. The van der Waals surface area contributed by atoms with Crippen LogP contribution in [-0.4, -0.2) is 10.8 Å². The fourth-order valence-electron chi connectivity index (χ4n) is 2.39. The molecule has 0 atom stereocenters. The van der Waals surface area contributed by atoms with Crippen LogP contribution in [-0.2, 0) is 12.8 Å². The van der Waals surface area contributed by atoms with E-state index >= 15 is 0 Å². The van der Waals surface area contributed by atoms with Crippen LogP contribution in [0.4, 0.5) is 0 Å². The molecule has 0 aliphatic heterocycles. The van der Waals surface area contributed by atoms with E-state index in [2.05, 4.69) is 36.8 Å². The average molecular weight is 411 g/mol. The smallest absolute Gasteiger partial charge is 0.230 e. The first-order valence-corrected chi connectivity index (χ1v) is 8.13. The highest BCUT2D eigenvalue weighted by atomic mass is 79.9. The van der Waals surface area contributed by atoms with Gasteiger partial charge < -0.3 is 10.5 Å². The van der Waals surface area contributed by atoms with E-state index in [1.165, 1.54) is 5.56 Å². The zero-order valence-electron chi connectivity index (χ0n) is 11.1. The van der Waals surface area contributed by atoms with Crippen molar-refractivity contribution in [2.75, 3.05) is 0 Å². The molecule has 108 valence electrons. The highest BCUT2D eigenvalue weighted by molar-refractivity contribution is 9.11. The van der Waals surface area contributed by atoms with Crippen molar-refractivity contribution in [3.8, 4) is 11.6 Å². The molecular formula is C15H13Br2N3O. The van der Waals surface area contributed by atoms with Gasteiger partial charge in [-0.2, -0.15) is 0 Å². The lowest BCUT2D eigenvalue weighted by Gasteiger charge is -2.12. The van der Waals surface area contributed by atoms with E-state index in [0.29, 0.717) is 17.2 Å². The van der Waals surface area contributed by atoms with E-state index < -0.39 is 0 Å². The van der Waals surface area contributed by atoms with Gasteiger partial charge in [-0.3, -0.25) is 5.41 Å². The SMILES string of the molecule is N=C(N)c1cc2c(nc1Oc1ccc(Br)cc1Br)CCC2. The number of amidine groups is 1. The largest absolute Gasteiger partial charge is 0.437 e. The van der Waals surface area contributed by atoms with E-state index in [1.54, 1.807) is 0 Å². The molecule has 1 aromatic heterocycles. The lowest BCUT2D eigenvalue weighted by Crippen LogP contribution is -2.14. The van der Waals surface area contributed by atoms with E-state index in [4.69, 9.17) is 15.9 Å². The molecule has 0 saturated carbocycles. The molecular weight excluding hydrogens is 398 g/mol. The van der Waals surface area contributed by atoms with Gasteiger partial charge in [0.15, 0.2) is 0 Å². The van der Waals surface area contributed by atoms with Gasteiger partial charge in [-0.25, -0.2) is 4.98 Å². The lowest BCUT2D eigenvalue weighted by molar-refractivity contribution is 0.457. The van der Waals surface area contributed by atoms with E-state index in [0.717, 1.165) is 33.9 Å². The first kappa shape index (κ1) is 14.5. The molecule has 2 aromatic rings. The third-order valence-electron chi connectivity index (χ3n) is 3.41. The Morgan fingerprint density at radius 1 is 1.24 bits per heavy atom. The maximum Gasteiger partial charge on any atom is 0.230 e. The van der Waals surface area contributed by atoms with E-state index in [-0.39, 0.29) is 5.84 Å². The Hall–Kier alpha value is -1.40. The predicted octanol–water partition coefficient (Wildman–Crippen LogP) is 4.17. The molecule has 1 heterocycles. The molecule has 1 aliphatic carbocycles. The number of nitrogens with one attached hydrogen (secondary N) is 1. The minimum Gasteiger partial charge on any atom is -0.437 e. The Balaban J connectivity index is 2.03. The first-order chi connectivity index (χ1) is 10.0. The van der Waals surface area contributed by atoms with Gasteiger partial charge in [-0.05, 0) is 65.0 Å². The predicted molar refractivity (Wildman–Crippen MR) is 89.2 cm³/mol. The molecule has 21 heavy (non-hydrogen) atoms. The summed E-state index contributed by atoms with van der Waals surface area (Å²) in [5.74, 6) is 1.01. The number of benzene rings is 1. The van der Waals surface area contributed by atoms with Crippen LogP contribution in [0.25, 0.3) is 0 Å². The molecule has 4 nitrogen and oxygen atoms in total. The zero-order valence-corrected chi connectivity index (χ0v) is 14.3. The normalized spacial score (nSPS) is 13.0. The van der Waals surface area contributed by atoms with Crippen LogP contribution in [0.1, 0.15) is 23.2 Å². The number of rotatable bonds is 3. The van der Waals surface area contributed by atoms with Crippen molar-refractivity contribution < 1.29 is 4.74 Å². The number of ether oxygens (including phenoxy) is 1. The first-order valence-electron chi connectivity index (χ1n) is 6.54. The van der Waals surface area contributed by atoms with E-state index in [9.17, 15) is 0 Å². The third-order valence-corrected chi connectivity index (χ3v) is 4.52. The summed E-state index contributed by atoms with van der Waals surface area (Å²) in [5, 5.41) is 7.73. The van der Waals surface area contributed by atoms with Crippen molar-refractivity contribution in [1.29, 1.82) is 5.41 Å². The zero-order chi connectivity index (χ0) is 15.0. The summed E-state index contributed by atoms with van der Waals surface area (Å²) < 4.78 is 7.65. The van der Waals surface area contributed by atoms with Gasteiger partial charge in [0.1, 0.15) is 11.6 Å². The number of nitrogens with two attached hydrogens (primary N) is 1. The number of aromatic nitrogens is 1. The number of hydrogen-bond acceptors (Lipinski definition) is 3. The molecule has 3 rings (SSSR count). The molecule has 6 heteroatoms. The molecule has 3 N–H and O–H groups in total. The van der Waals surface area contributed by atoms with Crippen LogP contribution >= 0.6 is 31.9 Å². The van der Waals surface area contributed by atoms with Crippen molar-refractivity contribution >= 4 is 37.7 Å². The van der Waals surface area contributed by atoms with Crippen molar-refractivity contribution in [2.24, 2.45) is 5.73 Å². The standard InChI is InChI=1S/C15H13Br2N3O/c16-9-4-5-13(11(17)7-9)21-15-10(14(18)19)6-8-2-1-3-12(8)20-15/h4-7H,1-3H2,(H3,18,19). The van der Waals surface area contributed by atoms with Crippen LogP contribution in [0, 0.1) is 5.41 Å². The van der Waals surface area contributed by atoms with Gasteiger partial charge in [0.25, 0.3) is 0 Å². The van der Waals surface area contributed by atoms with Gasteiger partial charge >= 0.3 is 0 Å². The van der Waals surface area contributed by atoms with Crippen LogP contribution in [0.2, 0.25) is 0 Å². The number of aryl methyl sites for hydroxylation is 2. The molecule has 0 radical (unpaired) electrons. The summed E-state index contributed by atoms with van der Waals surface area (Å²) in [5.41, 5.74) is 8.43. The van der Waals surface area contributed by atoms with Crippen LogP contribution < -0.4 is 10.5 Å². The van der Waals surface area contributed by atoms with E-state index in [1.807, 2.05) is 24.3 Å². The summed E-state index contributed by atoms with van der Waals surface area (Å²) in [6.07, 6.45) is 3.03. The Morgan fingerprint density at radius 3 is 2.76 bits per heavy atom. The Morgan fingerprint density at radius 2 is 2.05 bits per heavy atom. The number of fused-ring (bicyclic) bond motifs is 1. The van der Waals surface area contributed by atoms with Crippen LogP contribution in [0.3, 0.4) is 0 Å². The molecule has 0 unspecified atom stereocenters. The second-order valence-corrected chi connectivity index (χ2v) is 6.66. The summed E-state index contributed by atoms with van der Waals surface area (Å²) in [4.78, 5) is 4.56. The second kappa shape index (κ2) is 5.77. The summed E-state index contributed by atoms with van der Waals surface area (Å²) in [7, 11) is 0. The van der Waals surface area contributed by atoms with Gasteiger partial charge in [0.05, 0.1) is 10.0 Å². The van der Waals surface area contributed by atoms with Crippen molar-refractivity contribution in [3.05, 3.63) is 50.0 Å². The van der Waals surface area contributed by atoms with Crippen molar-refractivity contribution in [1.82, 2.24) is 4.98 Å². The maximum atomic E-state index is 7.73. The Kier molecular flexibility index (Phi) is 3.99. The van der Waals surface area contributed by atoms with Crippen LogP contribution in [0.5, 0.6) is 11.6 Å². The lowest BCUT2D eigenvalue weighted by atomic mass is 10.1. The third kappa shape index (κ3) is 2.96. The van der Waals surface area contributed by atoms with Gasteiger partial charge in [0, 0.05) is 10.2 Å². The van der Waals surface area contributed by atoms with Crippen molar-refractivity contribution in [2.45, 2.75) is 19.3 Å². The number of nitrogen functional groups attached to an aromatic ring is 1. The fourth-order valence-corrected chi connectivity index (χ4v) is 3.51. The number of nitrogens with zero attached hydrogens (tertiary/aromatic N) is 1. The van der Waals surface area contributed by atoms with Gasteiger partial charge in [0.2, 0.25) is 5.88 Å². The molecule has 0 fully saturated rings. The Labute approximate surface area is 139 Å². The Bertz CT molecular complexity index is 731. The fraction of sp³-hybridized carbons (Fsp3) is 0.200. The summed E-state index contributed by atoms with van der Waals surface area (Å²) >= 11 is 6.87.